The highest BCUT2D eigenvalue weighted by Gasteiger charge is 2.14. The number of aryl methyl sites for hydroxylation is 1. The van der Waals surface area contributed by atoms with Crippen LogP contribution < -0.4 is 5.32 Å². The normalized spacial score (nSPS) is 11.0. The lowest BCUT2D eigenvalue weighted by atomic mass is 10.1. The number of pyridine rings is 1. The first-order chi connectivity index (χ1) is 13.2. The lowest BCUT2D eigenvalue weighted by Crippen LogP contribution is -2.25. The van der Waals surface area contributed by atoms with E-state index in [1.165, 1.54) is 11.3 Å². The molecule has 0 spiro atoms. The summed E-state index contributed by atoms with van der Waals surface area (Å²) in [6.07, 6.45) is 6.27. The fraction of sp³-hybridized carbons (Fsp3) is 0.150. The molecular formula is C20H17ClN4OS. The van der Waals surface area contributed by atoms with Crippen LogP contribution in [0.15, 0.2) is 61.2 Å². The third kappa shape index (κ3) is 4.02. The van der Waals surface area contributed by atoms with Gasteiger partial charge in [0, 0.05) is 30.9 Å². The second-order valence-electron chi connectivity index (χ2n) is 6.09. The number of amides is 1. The van der Waals surface area contributed by atoms with Crippen LogP contribution in [0.2, 0.25) is 4.34 Å². The van der Waals surface area contributed by atoms with Crippen LogP contribution in [0.25, 0.3) is 21.5 Å². The van der Waals surface area contributed by atoms with Gasteiger partial charge in [-0.3, -0.25) is 4.79 Å². The topological polar surface area (TPSA) is 59.8 Å². The molecular weight excluding hydrogens is 380 g/mol. The fourth-order valence-corrected chi connectivity index (χ4v) is 3.92. The summed E-state index contributed by atoms with van der Waals surface area (Å²) in [6.45, 7) is 1.41. The van der Waals surface area contributed by atoms with Crippen molar-refractivity contribution in [1.82, 2.24) is 19.9 Å². The van der Waals surface area contributed by atoms with Gasteiger partial charge in [0.1, 0.15) is 0 Å². The molecule has 0 aliphatic carbocycles. The number of carbonyl (C=O) groups is 1. The number of nitrogens with zero attached hydrogens (tertiary/aromatic N) is 3. The lowest BCUT2D eigenvalue weighted by molar-refractivity contribution is 0.0954. The zero-order chi connectivity index (χ0) is 18.6. The molecule has 0 saturated heterocycles. The van der Waals surface area contributed by atoms with E-state index in [4.69, 9.17) is 16.6 Å². The summed E-state index contributed by atoms with van der Waals surface area (Å²) in [5, 5.41) is 3.86. The van der Waals surface area contributed by atoms with Crippen molar-refractivity contribution < 1.29 is 4.79 Å². The van der Waals surface area contributed by atoms with Crippen LogP contribution in [0.1, 0.15) is 16.8 Å². The van der Waals surface area contributed by atoms with Crippen LogP contribution >= 0.6 is 22.9 Å². The van der Waals surface area contributed by atoms with Gasteiger partial charge in [-0.1, -0.05) is 29.8 Å². The van der Waals surface area contributed by atoms with E-state index in [0.717, 1.165) is 34.4 Å². The van der Waals surface area contributed by atoms with E-state index < -0.39 is 0 Å². The maximum Gasteiger partial charge on any atom is 0.252 e. The molecule has 0 bridgehead atoms. The molecule has 0 saturated carbocycles. The minimum absolute atomic E-state index is 0.0943. The second kappa shape index (κ2) is 7.90. The van der Waals surface area contributed by atoms with Gasteiger partial charge in [0.25, 0.3) is 5.91 Å². The molecule has 4 aromatic rings. The number of imidazole rings is 1. The Morgan fingerprint density at radius 1 is 1.22 bits per heavy atom. The average molecular weight is 397 g/mol. The van der Waals surface area contributed by atoms with Gasteiger partial charge < -0.3 is 9.88 Å². The van der Waals surface area contributed by atoms with Crippen LogP contribution in [-0.2, 0) is 6.54 Å². The van der Waals surface area contributed by atoms with Crippen molar-refractivity contribution in [3.63, 3.8) is 0 Å². The second-order valence-corrected chi connectivity index (χ2v) is 7.80. The first-order valence-electron chi connectivity index (χ1n) is 8.60. The quantitative estimate of drug-likeness (QED) is 0.483. The summed E-state index contributed by atoms with van der Waals surface area (Å²) in [7, 11) is 0. The summed E-state index contributed by atoms with van der Waals surface area (Å²) >= 11 is 7.51. The summed E-state index contributed by atoms with van der Waals surface area (Å²) in [6, 6.07) is 13.3. The molecule has 0 aliphatic rings. The summed E-state index contributed by atoms with van der Waals surface area (Å²) in [5.74, 6) is -0.0943. The first-order valence-corrected chi connectivity index (χ1v) is 9.79. The molecule has 1 amide bonds. The predicted octanol–water partition coefficient (Wildman–Crippen LogP) is 4.63. The molecule has 4 rings (SSSR count). The van der Waals surface area contributed by atoms with Crippen LogP contribution in [0.3, 0.4) is 0 Å². The van der Waals surface area contributed by atoms with E-state index in [9.17, 15) is 4.79 Å². The third-order valence-corrected chi connectivity index (χ3v) is 5.48. The Morgan fingerprint density at radius 2 is 2.11 bits per heavy atom. The number of thiophene rings is 1. The molecule has 7 heteroatoms. The minimum atomic E-state index is -0.0943. The molecule has 3 aromatic heterocycles. The third-order valence-electron chi connectivity index (χ3n) is 4.22. The molecule has 5 nitrogen and oxygen atoms in total. The van der Waals surface area contributed by atoms with Gasteiger partial charge in [-0.2, -0.15) is 0 Å². The van der Waals surface area contributed by atoms with Crippen LogP contribution in [0.4, 0.5) is 0 Å². The van der Waals surface area contributed by atoms with E-state index >= 15 is 0 Å². The Kier molecular flexibility index (Phi) is 5.18. The predicted molar refractivity (Wildman–Crippen MR) is 109 cm³/mol. The molecule has 1 N–H and O–H groups in total. The number of benzene rings is 1. The van der Waals surface area contributed by atoms with Crippen LogP contribution in [-0.4, -0.2) is 27.0 Å². The van der Waals surface area contributed by atoms with Crippen LogP contribution in [0.5, 0.6) is 0 Å². The van der Waals surface area contributed by atoms with Gasteiger partial charge in [0.2, 0.25) is 0 Å². The molecule has 0 radical (unpaired) electrons. The van der Waals surface area contributed by atoms with E-state index in [2.05, 4.69) is 10.3 Å². The van der Waals surface area contributed by atoms with Crippen molar-refractivity contribution in [3.05, 3.63) is 71.1 Å². The number of halogens is 1. The summed E-state index contributed by atoms with van der Waals surface area (Å²) in [5.41, 5.74) is 2.18. The lowest BCUT2D eigenvalue weighted by Gasteiger charge is -2.10. The van der Waals surface area contributed by atoms with E-state index in [0.29, 0.717) is 16.4 Å². The Bertz CT molecular complexity index is 1070. The number of rotatable bonds is 6. The number of carbonyl (C=O) groups excluding carboxylic acids is 1. The van der Waals surface area contributed by atoms with Crippen molar-refractivity contribution >= 4 is 39.7 Å². The van der Waals surface area contributed by atoms with Crippen molar-refractivity contribution in [3.8, 4) is 10.6 Å². The van der Waals surface area contributed by atoms with E-state index in [-0.39, 0.29) is 5.91 Å². The largest absolute Gasteiger partial charge is 0.352 e. The maximum absolute atomic E-state index is 12.8. The SMILES string of the molecule is O=C(NCCCn1ccnc1)c1cc(-c2ccc(Cl)s2)nc2ccccc12. The van der Waals surface area contributed by atoms with Gasteiger partial charge in [-0.05, 0) is 30.7 Å². The minimum Gasteiger partial charge on any atom is -0.352 e. The standard InChI is InChI=1S/C20H17ClN4OS/c21-19-7-6-18(27-19)17-12-15(14-4-1-2-5-16(14)24-17)20(26)23-8-3-10-25-11-9-22-13-25/h1-2,4-7,9,11-13H,3,8,10H2,(H,23,26). The highest BCUT2D eigenvalue weighted by Crippen LogP contribution is 2.32. The molecule has 1 aromatic carbocycles. The number of para-hydroxylation sites is 1. The summed E-state index contributed by atoms with van der Waals surface area (Å²) < 4.78 is 2.69. The number of aromatic nitrogens is 3. The summed E-state index contributed by atoms with van der Waals surface area (Å²) in [4.78, 5) is 22.5. The van der Waals surface area contributed by atoms with Crippen molar-refractivity contribution in [2.45, 2.75) is 13.0 Å². The smallest absolute Gasteiger partial charge is 0.252 e. The van der Waals surface area contributed by atoms with Gasteiger partial charge in [0.05, 0.1) is 32.3 Å². The highest BCUT2D eigenvalue weighted by molar-refractivity contribution is 7.19. The average Bonchev–Trinajstić information content (AvgIpc) is 3.36. The Labute approximate surface area is 165 Å². The molecule has 27 heavy (non-hydrogen) atoms. The molecule has 0 unspecified atom stereocenters. The Morgan fingerprint density at radius 3 is 2.89 bits per heavy atom. The monoisotopic (exact) mass is 396 g/mol. The fourth-order valence-electron chi connectivity index (χ4n) is 2.92. The molecule has 0 fully saturated rings. The van der Waals surface area contributed by atoms with Crippen LogP contribution in [0, 0.1) is 0 Å². The number of nitrogens with one attached hydrogen (secondary N) is 1. The Hall–Kier alpha value is -2.70. The highest BCUT2D eigenvalue weighted by atomic mass is 35.5. The van der Waals surface area contributed by atoms with Gasteiger partial charge >= 0.3 is 0 Å². The van der Waals surface area contributed by atoms with Gasteiger partial charge in [0.15, 0.2) is 0 Å². The van der Waals surface area contributed by atoms with Gasteiger partial charge in [-0.25, -0.2) is 9.97 Å². The molecule has 0 atom stereocenters. The molecule has 0 aliphatic heterocycles. The number of fused-ring (bicyclic) bond motifs is 1. The molecule has 3 heterocycles. The van der Waals surface area contributed by atoms with E-state index in [1.54, 1.807) is 12.5 Å². The zero-order valence-corrected chi connectivity index (χ0v) is 16.0. The van der Waals surface area contributed by atoms with Crippen molar-refractivity contribution in [1.29, 1.82) is 0 Å². The Balaban J connectivity index is 1.56. The zero-order valence-electron chi connectivity index (χ0n) is 14.4. The van der Waals surface area contributed by atoms with Crippen molar-refractivity contribution in [2.75, 3.05) is 6.54 Å². The number of hydrogen-bond donors (Lipinski definition) is 1. The van der Waals surface area contributed by atoms with Crippen molar-refractivity contribution in [2.24, 2.45) is 0 Å². The first kappa shape index (κ1) is 17.7. The maximum atomic E-state index is 12.8. The van der Waals surface area contributed by atoms with Gasteiger partial charge in [-0.15, -0.1) is 11.3 Å². The number of hydrogen-bond acceptors (Lipinski definition) is 4. The van der Waals surface area contributed by atoms with E-state index in [1.807, 2.05) is 53.2 Å². The molecule has 136 valence electrons.